The van der Waals surface area contributed by atoms with E-state index in [0.29, 0.717) is 11.8 Å². The lowest BCUT2D eigenvalue weighted by Gasteiger charge is -2.24. The molecule has 1 atom stereocenters. The Balaban J connectivity index is 0.000000307. The standard InChI is InChI=1S/C21H24N2O2.C2HF3O2/c1-15-6-9-17(25-15)13-22-11-10-21(14-22)18-4-2-3-5-19(18)23(20(21)24)12-16-7-8-16;3-2(4,5)1(6)7/h2-6,9,16H,7-8,10-14H2,1H3;(H,6,7). The van der Waals surface area contributed by atoms with Gasteiger partial charge in [-0.3, -0.25) is 9.69 Å². The molecule has 32 heavy (non-hydrogen) atoms. The molecule has 0 radical (unpaired) electrons. The Morgan fingerprint density at radius 3 is 2.50 bits per heavy atom. The highest BCUT2D eigenvalue weighted by molar-refractivity contribution is 6.08. The molecule has 172 valence electrons. The van der Waals surface area contributed by atoms with Crippen LogP contribution in [0.15, 0.2) is 40.8 Å². The molecular weight excluding hydrogens is 425 g/mol. The molecule has 1 unspecified atom stereocenters. The van der Waals surface area contributed by atoms with Gasteiger partial charge < -0.3 is 14.4 Å². The largest absolute Gasteiger partial charge is 0.490 e. The van der Waals surface area contributed by atoms with Crippen LogP contribution in [0.3, 0.4) is 0 Å². The normalized spacial score (nSPS) is 22.8. The number of rotatable bonds is 4. The smallest absolute Gasteiger partial charge is 0.475 e. The Labute approximate surface area is 183 Å². The third-order valence-electron chi connectivity index (χ3n) is 6.27. The molecule has 2 aliphatic heterocycles. The predicted octanol–water partition coefficient (Wildman–Crippen LogP) is 4.12. The first-order chi connectivity index (χ1) is 15.1. The fraction of sp³-hybridized carbons (Fsp3) is 0.478. The van der Waals surface area contributed by atoms with Gasteiger partial charge in [0.25, 0.3) is 0 Å². The van der Waals surface area contributed by atoms with Gasteiger partial charge in [0, 0.05) is 25.3 Å². The van der Waals surface area contributed by atoms with Crippen LogP contribution in [-0.2, 0) is 21.5 Å². The number of alkyl halides is 3. The van der Waals surface area contributed by atoms with Crippen molar-refractivity contribution < 1.29 is 32.3 Å². The summed E-state index contributed by atoms with van der Waals surface area (Å²) < 4.78 is 37.5. The minimum Gasteiger partial charge on any atom is -0.475 e. The van der Waals surface area contributed by atoms with E-state index < -0.39 is 12.1 Å². The SMILES string of the molecule is Cc1ccc(CN2CCC3(C2)C(=O)N(CC2CC2)c2ccccc23)o1.O=C(O)C(F)(F)F. The first-order valence-electron chi connectivity index (χ1n) is 10.6. The number of aliphatic carboxylic acids is 1. The minimum absolute atomic E-state index is 0.318. The number of para-hydroxylation sites is 1. The molecule has 3 aliphatic rings. The predicted molar refractivity (Wildman–Crippen MR) is 110 cm³/mol. The van der Waals surface area contributed by atoms with Crippen molar-refractivity contribution in [3.8, 4) is 0 Å². The van der Waals surface area contributed by atoms with Crippen molar-refractivity contribution in [3.63, 3.8) is 0 Å². The van der Waals surface area contributed by atoms with Crippen LogP contribution in [0.1, 0.15) is 36.3 Å². The van der Waals surface area contributed by atoms with E-state index >= 15 is 0 Å². The number of halogens is 3. The average Bonchev–Trinajstić information content (AvgIpc) is 3.24. The Morgan fingerprint density at radius 2 is 1.91 bits per heavy atom. The molecule has 9 heteroatoms. The first-order valence-corrected chi connectivity index (χ1v) is 10.6. The first kappa shape index (κ1) is 22.4. The maximum absolute atomic E-state index is 13.4. The molecule has 2 aromatic rings. The summed E-state index contributed by atoms with van der Waals surface area (Å²) in [5, 5.41) is 7.12. The monoisotopic (exact) mass is 450 g/mol. The van der Waals surface area contributed by atoms with Crippen molar-refractivity contribution >= 4 is 17.6 Å². The number of fused-ring (bicyclic) bond motifs is 2. The van der Waals surface area contributed by atoms with Crippen molar-refractivity contribution in [2.45, 2.75) is 44.3 Å². The van der Waals surface area contributed by atoms with Crippen LogP contribution in [0.4, 0.5) is 18.9 Å². The Bertz CT molecular complexity index is 1010. The lowest BCUT2D eigenvalue weighted by Crippen LogP contribution is -2.43. The van der Waals surface area contributed by atoms with Gasteiger partial charge in [0.1, 0.15) is 11.5 Å². The number of carboxylic acid groups (broad SMARTS) is 1. The van der Waals surface area contributed by atoms with Crippen molar-refractivity contribution in [1.82, 2.24) is 4.90 Å². The summed E-state index contributed by atoms with van der Waals surface area (Å²) >= 11 is 0. The number of aryl methyl sites for hydroxylation is 1. The third kappa shape index (κ3) is 4.39. The van der Waals surface area contributed by atoms with Crippen LogP contribution in [0.25, 0.3) is 0 Å². The molecule has 0 bridgehead atoms. The molecule has 2 fully saturated rings. The number of carboxylic acids is 1. The second-order valence-electron chi connectivity index (χ2n) is 8.73. The molecule has 1 spiro atoms. The summed E-state index contributed by atoms with van der Waals surface area (Å²) in [5.74, 6) is 0.201. The summed E-state index contributed by atoms with van der Waals surface area (Å²) in [5.41, 5.74) is 2.03. The summed E-state index contributed by atoms with van der Waals surface area (Å²) in [6.45, 7) is 5.39. The van der Waals surface area contributed by atoms with E-state index in [0.717, 1.165) is 49.8 Å². The number of carbonyl (C=O) groups excluding carboxylic acids is 1. The van der Waals surface area contributed by atoms with Crippen LogP contribution in [0.2, 0.25) is 0 Å². The average molecular weight is 450 g/mol. The number of hydrogen-bond donors (Lipinski definition) is 1. The fourth-order valence-corrected chi connectivity index (χ4v) is 4.55. The summed E-state index contributed by atoms with van der Waals surface area (Å²) in [6, 6.07) is 12.5. The number of amides is 1. The van der Waals surface area contributed by atoms with E-state index in [-0.39, 0.29) is 5.41 Å². The number of likely N-dealkylation sites (tertiary alicyclic amines) is 1. The van der Waals surface area contributed by atoms with Crippen molar-refractivity contribution in [2.24, 2.45) is 5.92 Å². The van der Waals surface area contributed by atoms with Crippen molar-refractivity contribution in [1.29, 1.82) is 0 Å². The zero-order valence-electron chi connectivity index (χ0n) is 17.7. The quantitative estimate of drug-likeness (QED) is 0.759. The molecule has 1 N–H and O–H groups in total. The maximum atomic E-state index is 13.4. The Kier molecular flexibility index (Phi) is 5.79. The van der Waals surface area contributed by atoms with E-state index in [9.17, 15) is 18.0 Å². The zero-order chi connectivity index (χ0) is 23.1. The maximum Gasteiger partial charge on any atom is 0.490 e. The highest BCUT2D eigenvalue weighted by atomic mass is 19.4. The van der Waals surface area contributed by atoms with Crippen LogP contribution in [0, 0.1) is 12.8 Å². The van der Waals surface area contributed by atoms with Gasteiger partial charge in [0.2, 0.25) is 5.91 Å². The molecule has 1 saturated heterocycles. The molecule has 1 aromatic carbocycles. The van der Waals surface area contributed by atoms with E-state index in [1.807, 2.05) is 19.1 Å². The topological polar surface area (TPSA) is 74.0 Å². The molecule has 1 saturated carbocycles. The molecular formula is C23H25F3N2O4. The van der Waals surface area contributed by atoms with Gasteiger partial charge >= 0.3 is 12.1 Å². The highest BCUT2D eigenvalue weighted by Gasteiger charge is 2.54. The van der Waals surface area contributed by atoms with E-state index in [1.54, 1.807) is 0 Å². The molecule has 5 rings (SSSR count). The van der Waals surface area contributed by atoms with E-state index in [4.69, 9.17) is 14.3 Å². The Hall–Kier alpha value is -2.81. The summed E-state index contributed by atoms with van der Waals surface area (Å²) in [7, 11) is 0. The van der Waals surface area contributed by atoms with Crippen molar-refractivity contribution in [2.75, 3.05) is 24.5 Å². The number of anilines is 1. The molecule has 1 aliphatic carbocycles. The molecule has 1 aromatic heterocycles. The summed E-state index contributed by atoms with van der Waals surface area (Å²) in [6.07, 6.45) is -1.64. The molecule has 1 amide bonds. The second-order valence-corrected chi connectivity index (χ2v) is 8.73. The van der Waals surface area contributed by atoms with Crippen molar-refractivity contribution in [3.05, 3.63) is 53.5 Å². The van der Waals surface area contributed by atoms with Gasteiger partial charge in [-0.05, 0) is 55.9 Å². The highest BCUT2D eigenvalue weighted by Crippen LogP contribution is 2.48. The lowest BCUT2D eigenvalue weighted by atomic mass is 9.81. The second kappa shape index (κ2) is 8.27. The van der Waals surface area contributed by atoms with Crippen LogP contribution in [-0.4, -0.2) is 47.7 Å². The fourth-order valence-electron chi connectivity index (χ4n) is 4.55. The van der Waals surface area contributed by atoms with Gasteiger partial charge in [-0.1, -0.05) is 18.2 Å². The van der Waals surface area contributed by atoms with Crippen LogP contribution in [0.5, 0.6) is 0 Å². The number of hydrogen-bond acceptors (Lipinski definition) is 4. The van der Waals surface area contributed by atoms with Gasteiger partial charge in [0.05, 0.1) is 12.0 Å². The zero-order valence-corrected chi connectivity index (χ0v) is 17.7. The van der Waals surface area contributed by atoms with Gasteiger partial charge in [-0.15, -0.1) is 0 Å². The van der Waals surface area contributed by atoms with Crippen LogP contribution >= 0.6 is 0 Å². The lowest BCUT2D eigenvalue weighted by molar-refractivity contribution is -0.192. The van der Waals surface area contributed by atoms with E-state index in [2.05, 4.69) is 34.1 Å². The number of benzene rings is 1. The number of furan rings is 1. The molecule has 6 nitrogen and oxygen atoms in total. The van der Waals surface area contributed by atoms with Gasteiger partial charge in [0.15, 0.2) is 0 Å². The van der Waals surface area contributed by atoms with Gasteiger partial charge in [-0.2, -0.15) is 13.2 Å². The number of nitrogens with zero attached hydrogens (tertiary/aromatic N) is 2. The molecule has 3 heterocycles. The van der Waals surface area contributed by atoms with E-state index in [1.165, 1.54) is 18.4 Å². The Morgan fingerprint density at radius 1 is 1.22 bits per heavy atom. The minimum atomic E-state index is -5.08. The third-order valence-corrected chi connectivity index (χ3v) is 6.27. The summed E-state index contributed by atoms with van der Waals surface area (Å²) in [4.78, 5) is 26.8. The van der Waals surface area contributed by atoms with Crippen LogP contribution < -0.4 is 4.90 Å². The van der Waals surface area contributed by atoms with Gasteiger partial charge in [-0.25, -0.2) is 4.79 Å². The number of carbonyl (C=O) groups is 2.